The van der Waals surface area contributed by atoms with E-state index in [9.17, 15) is 19.7 Å². The highest BCUT2D eigenvalue weighted by molar-refractivity contribution is 5.99. The first-order valence-electron chi connectivity index (χ1n) is 9.53. The van der Waals surface area contributed by atoms with Crippen LogP contribution >= 0.6 is 0 Å². The summed E-state index contributed by atoms with van der Waals surface area (Å²) in [6.45, 7) is 2.54. The van der Waals surface area contributed by atoms with Crippen LogP contribution in [-0.2, 0) is 20.7 Å². The van der Waals surface area contributed by atoms with Gasteiger partial charge >= 0.3 is 5.97 Å². The van der Waals surface area contributed by atoms with E-state index < -0.39 is 17.0 Å². The van der Waals surface area contributed by atoms with Crippen LogP contribution in [0, 0.1) is 10.1 Å². The molecule has 1 aliphatic rings. The molecule has 1 aliphatic heterocycles. The Morgan fingerprint density at radius 3 is 2.72 bits per heavy atom. The third-order valence-electron chi connectivity index (χ3n) is 4.78. The number of carbonyl (C=O) groups excluding carboxylic acids is 2. The summed E-state index contributed by atoms with van der Waals surface area (Å²) in [6, 6.07) is 14.0. The number of carbonyl (C=O) groups is 2. The Kier molecular flexibility index (Phi) is 6.43. The number of fused-ring (bicyclic) bond motifs is 1. The number of benzene rings is 2. The van der Waals surface area contributed by atoms with Gasteiger partial charge in [-0.1, -0.05) is 30.3 Å². The third-order valence-corrected chi connectivity index (χ3v) is 4.78. The highest BCUT2D eigenvalue weighted by Crippen LogP contribution is 2.28. The summed E-state index contributed by atoms with van der Waals surface area (Å²) in [4.78, 5) is 36.9. The Hall–Kier alpha value is -3.42. The van der Waals surface area contributed by atoms with Gasteiger partial charge in [0, 0.05) is 31.3 Å². The van der Waals surface area contributed by atoms with Crippen LogP contribution < -0.4 is 10.2 Å². The van der Waals surface area contributed by atoms with Crippen LogP contribution in [0.4, 0.5) is 17.1 Å². The Bertz CT molecular complexity index is 915. The molecule has 0 aliphatic carbocycles. The molecule has 0 saturated heterocycles. The lowest BCUT2D eigenvalue weighted by molar-refractivity contribution is -0.384. The minimum Gasteiger partial charge on any atom is -0.453 e. The highest BCUT2D eigenvalue weighted by atomic mass is 16.6. The number of nitrogens with zero attached hydrogens (tertiary/aromatic N) is 2. The number of nitro benzene ring substituents is 1. The van der Waals surface area contributed by atoms with Gasteiger partial charge in [-0.2, -0.15) is 0 Å². The van der Waals surface area contributed by atoms with Gasteiger partial charge in [-0.25, -0.2) is 0 Å². The molecule has 0 unspecified atom stereocenters. The van der Waals surface area contributed by atoms with E-state index in [2.05, 4.69) is 5.32 Å². The predicted molar refractivity (Wildman–Crippen MR) is 109 cm³/mol. The van der Waals surface area contributed by atoms with Crippen molar-refractivity contribution in [3.05, 3.63) is 64.2 Å². The van der Waals surface area contributed by atoms with Crippen molar-refractivity contribution >= 4 is 28.9 Å². The summed E-state index contributed by atoms with van der Waals surface area (Å²) in [5.74, 6) is -0.705. The van der Waals surface area contributed by atoms with Crippen LogP contribution in [0.2, 0.25) is 0 Å². The largest absolute Gasteiger partial charge is 0.453 e. The Morgan fingerprint density at radius 2 is 1.93 bits per heavy atom. The number of nitro groups is 1. The van der Waals surface area contributed by atoms with E-state index in [1.54, 1.807) is 30.0 Å². The van der Waals surface area contributed by atoms with Gasteiger partial charge in [-0.15, -0.1) is 0 Å². The highest BCUT2D eigenvalue weighted by Gasteiger charge is 2.29. The number of esters is 1. The van der Waals surface area contributed by atoms with Gasteiger partial charge in [0.25, 0.3) is 11.6 Å². The fraction of sp³-hybridized carbons (Fsp3) is 0.333. The SMILES string of the molecule is C[C@@H](OC(=O)CCCNc1ccccc1[N+](=O)[O-])C(=O)N1CCc2ccccc21. The van der Waals surface area contributed by atoms with E-state index >= 15 is 0 Å². The molecule has 152 valence electrons. The number of para-hydroxylation sites is 3. The number of anilines is 2. The molecule has 1 N–H and O–H groups in total. The average Bonchev–Trinajstić information content (AvgIpc) is 3.15. The molecule has 3 rings (SSSR count). The normalized spacial score (nSPS) is 13.5. The number of rotatable bonds is 8. The topological polar surface area (TPSA) is 102 Å². The smallest absolute Gasteiger partial charge is 0.306 e. The van der Waals surface area contributed by atoms with Gasteiger partial charge in [-0.05, 0) is 37.5 Å². The molecule has 29 heavy (non-hydrogen) atoms. The van der Waals surface area contributed by atoms with Crippen molar-refractivity contribution in [2.75, 3.05) is 23.3 Å². The van der Waals surface area contributed by atoms with E-state index in [1.165, 1.54) is 6.07 Å². The number of amides is 1. The fourth-order valence-corrected chi connectivity index (χ4v) is 3.33. The van der Waals surface area contributed by atoms with Gasteiger partial charge in [0.05, 0.1) is 4.92 Å². The van der Waals surface area contributed by atoms with E-state index in [0.29, 0.717) is 25.2 Å². The average molecular weight is 397 g/mol. The summed E-state index contributed by atoms with van der Waals surface area (Å²) < 4.78 is 5.29. The van der Waals surface area contributed by atoms with E-state index in [4.69, 9.17) is 4.74 Å². The van der Waals surface area contributed by atoms with Crippen molar-refractivity contribution in [3.63, 3.8) is 0 Å². The zero-order chi connectivity index (χ0) is 20.8. The van der Waals surface area contributed by atoms with Crippen LogP contribution in [0.15, 0.2) is 48.5 Å². The molecular formula is C21H23N3O5. The second-order valence-electron chi connectivity index (χ2n) is 6.81. The van der Waals surface area contributed by atoms with Crippen LogP contribution in [0.25, 0.3) is 0 Å². The van der Waals surface area contributed by atoms with Crippen LogP contribution in [0.5, 0.6) is 0 Å². The molecule has 2 aromatic rings. The molecule has 0 radical (unpaired) electrons. The standard InChI is InChI=1S/C21H23N3O5/c1-15(21(26)23-14-12-16-7-2-4-9-18(16)23)29-20(25)11-6-13-22-17-8-3-5-10-19(17)24(27)28/h2-5,7-10,15,22H,6,11-14H2,1H3/t15-/m1/s1. The summed E-state index contributed by atoms with van der Waals surface area (Å²) in [5, 5.41) is 13.9. The van der Waals surface area contributed by atoms with Crippen LogP contribution in [0.1, 0.15) is 25.3 Å². The van der Waals surface area contributed by atoms with Gasteiger partial charge in [0.2, 0.25) is 0 Å². The molecule has 0 aromatic heterocycles. The maximum atomic E-state index is 12.6. The van der Waals surface area contributed by atoms with Gasteiger partial charge in [-0.3, -0.25) is 19.7 Å². The molecule has 8 heteroatoms. The second-order valence-corrected chi connectivity index (χ2v) is 6.81. The number of hydrogen-bond donors (Lipinski definition) is 1. The van der Waals surface area contributed by atoms with Crippen molar-refractivity contribution < 1.29 is 19.2 Å². The first kappa shape index (κ1) is 20.3. The van der Waals surface area contributed by atoms with Gasteiger partial charge < -0.3 is 15.0 Å². The first-order valence-corrected chi connectivity index (χ1v) is 9.53. The van der Waals surface area contributed by atoms with E-state index in [-0.39, 0.29) is 18.0 Å². The summed E-state index contributed by atoms with van der Waals surface area (Å²) in [5.41, 5.74) is 2.37. The predicted octanol–water partition coefficient (Wildman–Crippen LogP) is 3.31. The molecule has 0 fully saturated rings. The second kappa shape index (κ2) is 9.18. The molecule has 1 heterocycles. The molecule has 0 bridgehead atoms. The van der Waals surface area contributed by atoms with Crippen molar-refractivity contribution in [2.45, 2.75) is 32.3 Å². The summed E-state index contributed by atoms with van der Waals surface area (Å²) >= 11 is 0. The minimum absolute atomic E-state index is 0.0137. The lowest BCUT2D eigenvalue weighted by Gasteiger charge is -2.21. The molecule has 2 aromatic carbocycles. The fourth-order valence-electron chi connectivity index (χ4n) is 3.33. The van der Waals surface area contributed by atoms with Crippen LogP contribution in [-0.4, -0.2) is 36.0 Å². The van der Waals surface area contributed by atoms with Gasteiger partial charge in [0.15, 0.2) is 6.10 Å². The Balaban J connectivity index is 1.44. The molecule has 0 spiro atoms. The third kappa shape index (κ3) is 4.90. The van der Waals surface area contributed by atoms with Crippen molar-refractivity contribution in [1.82, 2.24) is 0 Å². The minimum atomic E-state index is -0.864. The molecular weight excluding hydrogens is 374 g/mol. The Morgan fingerprint density at radius 1 is 1.21 bits per heavy atom. The Labute approximate surface area is 168 Å². The number of ether oxygens (including phenoxy) is 1. The maximum absolute atomic E-state index is 12.6. The number of nitrogens with one attached hydrogen (secondary N) is 1. The van der Waals surface area contributed by atoms with Crippen molar-refractivity contribution in [1.29, 1.82) is 0 Å². The lowest BCUT2D eigenvalue weighted by Crippen LogP contribution is -2.39. The summed E-state index contributed by atoms with van der Waals surface area (Å²) in [7, 11) is 0. The molecule has 1 atom stereocenters. The molecule has 8 nitrogen and oxygen atoms in total. The zero-order valence-corrected chi connectivity index (χ0v) is 16.2. The molecule has 0 saturated carbocycles. The monoisotopic (exact) mass is 397 g/mol. The molecule has 1 amide bonds. The van der Waals surface area contributed by atoms with Crippen molar-refractivity contribution in [2.24, 2.45) is 0 Å². The van der Waals surface area contributed by atoms with E-state index in [0.717, 1.165) is 17.7 Å². The maximum Gasteiger partial charge on any atom is 0.306 e. The van der Waals surface area contributed by atoms with Gasteiger partial charge in [0.1, 0.15) is 5.69 Å². The zero-order valence-electron chi connectivity index (χ0n) is 16.2. The quantitative estimate of drug-likeness (QED) is 0.317. The van der Waals surface area contributed by atoms with Crippen LogP contribution in [0.3, 0.4) is 0 Å². The lowest BCUT2D eigenvalue weighted by atomic mass is 10.2. The first-order chi connectivity index (χ1) is 14.0. The summed E-state index contributed by atoms with van der Waals surface area (Å²) in [6.07, 6.45) is 0.469. The number of hydrogen-bond acceptors (Lipinski definition) is 6. The van der Waals surface area contributed by atoms with Crippen molar-refractivity contribution in [3.8, 4) is 0 Å². The van der Waals surface area contributed by atoms with E-state index in [1.807, 2.05) is 24.3 Å².